The molecule has 3 rings (SSSR count). The van der Waals surface area contributed by atoms with Crippen LogP contribution in [-0.2, 0) is 9.53 Å². The lowest BCUT2D eigenvalue weighted by molar-refractivity contribution is -0.141. The minimum atomic E-state index is -0.352. The first-order chi connectivity index (χ1) is 11.2. The van der Waals surface area contributed by atoms with E-state index in [2.05, 4.69) is 4.99 Å². The summed E-state index contributed by atoms with van der Waals surface area (Å²) in [5.41, 5.74) is 2.62. The van der Waals surface area contributed by atoms with Gasteiger partial charge >= 0.3 is 12.0 Å². The van der Waals surface area contributed by atoms with Crippen LogP contribution >= 0.6 is 11.8 Å². The van der Waals surface area contributed by atoms with Gasteiger partial charge in [0.2, 0.25) is 0 Å². The van der Waals surface area contributed by atoms with Crippen molar-refractivity contribution in [2.24, 2.45) is 4.99 Å². The fourth-order valence-corrected chi connectivity index (χ4v) is 3.51. The van der Waals surface area contributed by atoms with Crippen molar-refractivity contribution in [3.05, 3.63) is 59.0 Å². The highest BCUT2D eigenvalue weighted by Crippen LogP contribution is 2.34. The Bertz CT molecular complexity index is 710. The Labute approximate surface area is 138 Å². The molecule has 2 heterocycles. The van der Waals surface area contributed by atoms with Crippen LogP contribution in [-0.4, -0.2) is 41.1 Å². The van der Waals surface area contributed by atoms with Crippen molar-refractivity contribution in [3.63, 3.8) is 0 Å². The van der Waals surface area contributed by atoms with Crippen molar-refractivity contribution in [3.8, 4) is 0 Å². The van der Waals surface area contributed by atoms with Crippen molar-refractivity contribution < 1.29 is 14.3 Å². The third-order valence-corrected chi connectivity index (χ3v) is 4.60. The lowest BCUT2D eigenvalue weighted by Gasteiger charge is -2.36. The second-order valence-corrected chi connectivity index (χ2v) is 6.07. The molecule has 0 N–H and O–H groups in total. The van der Waals surface area contributed by atoms with Gasteiger partial charge < -0.3 is 9.64 Å². The van der Waals surface area contributed by atoms with Gasteiger partial charge in [0.1, 0.15) is 12.0 Å². The Hall–Kier alpha value is -2.34. The maximum absolute atomic E-state index is 12.4. The molecular weight excluding hydrogens is 312 g/mol. The van der Waals surface area contributed by atoms with Crippen molar-refractivity contribution in [2.75, 3.05) is 13.2 Å². The number of carbonyl (C=O) groups excluding carboxylic acids is 2. The van der Waals surface area contributed by atoms with E-state index < -0.39 is 0 Å². The van der Waals surface area contributed by atoms with Gasteiger partial charge in [0.25, 0.3) is 0 Å². The molecular formula is C17H16N2O3S. The number of hydrogen-bond acceptors (Lipinski definition) is 4. The Morgan fingerprint density at radius 3 is 2.87 bits per heavy atom. The molecule has 2 aliphatic heterocycles. The Morgan fingerprint density at radius 1 is 1.35 bits per heavy atom. The van der Waals surface area contributed by atoms with Gasteiger partial charge in [-0.3, -0.25) is 4.79 Å². The van der Waals surface area contributed by atoms with Crippen LogP contribution in [0.4, 0.5) is 4.79 Å². The van der Waals surface area contributed by atoms with E-state index in [-0.39, 0.29) is 24.0 Å². The van der Waals surface area contributed by atoms with Crippen molar-refractivity contribution in [1.29, 1.82) is 0 Å². The maximum atomic E-state index is 12.4. The lowest BCUT2D eigenvalue weighted by Crippen LogP contribution is -2.46. The second kappa shape index (κ2) is 6.83. The van der Waals surface area contributed by atoms with Crippen molar-refractivity contribution >= 4 is 29.5 Å². The molecule has 0 aliphatic carbocycles. The highest BCUT2D eigenvalue weighted by Gasteiger charge is 2.35. The van der Waals surface area contributed by atoms with Gasteiger partial charge in [-0.05, 0) is 5.41 Å². The minimum Gasteiger partial charge on any atom is -0.464 e. The predicted molar refractivity (Wildman–Crippen MR) is 90.3 cm³/mol. The molecule has 0 saturated heterocycles. The summed E-state index contributed by atoms with van der Waals surface area (Å²) in [6.45, 7) is 1.85. The zero-order valence-electron chi connectivity index (χ0n) is 12.6. The summed E-state index contributed by atoms with van der Waals surface area (Å²) >= 11 is 1.55. The average molecular weight is 328 g/mol. The van der Waals surface area contributed by atoms with Gasteiger partial charge in [-0.15, -0.1) is 11.8 Å². The fraction of sp³-hybridized carbons (Fsp3) is 0.235. The van der Waals surface area contributed by atoms with Gasteiger partial charge in [0.05, 0.1) is 12.3 Å². The van der Waals surface area contributed by atoms with Gasteiger partial charge in [0.15, 0.2) is 0 Å². The Kier molecular flexibility index (Phi) is 4.62. The fourth-order valence-electron chi connectivity index (χ4n) is 2.51. The quantitative estimate of drug-likeness (QED) is 0.797. The molecule has 1 aromatic carbocycles. The van der Waals surface area contributed by atoms with E-state index in [9.17, 15) is 9.59 Å². The monoisotopic (exact) mass is 328 g/mol. The van der Waals surface area contributed by atoms with Crippen LogP contribution in [0.3, 0.4) is 0 Å². The molecule has 1 aromatic rings. The SMILES string of the molecule is CC(=O)OCCN1C(=O)N=C(c2ccccc2)C2=CC=CSC21. The molecule has 23 heavy (non-hydrogen) atoms. The molecule has 6 heteroatoms. The van der Waals surface area contributed by atoms with Crippen LogP contribution in [0.15, 0.2) is 58.5 Å². The summed E-state index contributed by atoms with van der Waals surface area (Å²) < 4.78 is 4.96. The van der Waals surface area contributed by atoms with Gasteiger partial charge in [-0.1, -0.05) is 42.5 Å². The first-order valence-electron chi connectivity index (χ1n) is 7.27. The van der Waals surface area contributed by atoms with Crippen LogP contribution in [0.5, 0.6) is 0 Å². The van der Waals surface area contributed by atoms with Crippen molar-refractivity contribution in [1.82, 2.24) is 4.90 Å². The predicted octanol–water partition coefficient (Wildman–Crippen LogP) is 2.99. The molecule has 2 amide bonds. The molecule has 0 fully saturated rings. The Balaban J connectivity index is 1.89. The zero-order chi connectivity index (χ0) is 16.2. The number of benzene rings is 1. The number of fused-ring (bicyclic) bond motifs is 1. The molecule has 2 aliphatic rings. The van der Waals surface area contributed by atoms with E-state index >= 15 is 0 Å². The summed E-state index contributed by atoms with van der Waals surface area (Å²) in [7, 11) is 0. The van der Waals surface area contributed by atoms with E-state index in [0.717, 1.165) is 11.1 Å². The molecule has 0 aromatic heterocycles. The van der Waals surface area contributed by atoms with Crippen LogP contribution < -0.4 is 0 Å². The van der Waals surface area contributed by atoms with Gasteiger partial charge in [-0.2, -0.15) is 4.99 Å². The molecule has 0 bridgehead atoms. The Morgan fingerprint density at radius 2 is 2.13 bits per heavy atom. The number of urea groups is 1. The van der Waals surface area contributed by atoms with E-state index in [1.807, 2.05) is 47.9 Å². The number of carbonyl (C=O) groups is 2. The number of thioether (sulfide) groups is 1. The summed E-state index contributed by atoms with van der Waals surface area (Å²) in [6.07, 6.45) is 3.94. The van der Waals surface area contributed by atoms with Crippen LogP contribution in [0.25, 0.3) is 0 Å². The summed E-state index contributed by atoms with van der Waals surface area (Å²) in [5.74, 6) is -0.352. The number of esters is 1. The summed E-state index contributed by atoms with van der Waals surface area (Å²) in [6, 6.07) is 9.37. The normalized spacial score (nSPS) is 19.8. The van der Waals surface area contributed by atoms with E-state index in [1.165, 1.54) is 6.92 Å². The molecule has 0 saturated carbocycles. The van der Waals surface area contributed by atoms with Crippen LogP contribution in [0.2, 0.25) is 0 Å². The topological polar surface area (TPSA) is 59.0 Å². The lowest BCUT2D eigenvalue weighted by atomic mass is 9.99. The summed E-state index contributed by atoms with van der Waals surface area (Å²) in [4.78, 5) is 29.2. The number of nitrogens with zero attached hydrogens (tertiary/aromatic N) is 2. The van der Waals surface area contributed by atoms with E-state index in [0.29, 0.717) is 12.3 Å². The first-order valence-corrected chi connectivity index (χ1v) is 8.22. The van der Waals surface area contributed by atoms with Crippen LogP contribution in [0.1, 0.15) is 12.5 Å². The molecule has 0 radical (unpaired) electrons. The summed E-state index contributed by atoms with van der Waals surface area (Å²) in [5, 5.41) is 1.81. The smallest absolute Gasteiger partial charge is 0.345 e. The number of aliphatic imine (C=N–C) groups is 1. The average Bonchev–Trinajstić information content (AvgIpc) is 2.57. The second-order valence-electron chi connectivity index (χ2n) is 5.08. The highest BCUT2D eigenvalue weighted by atomic mass is 32.2. The molecule has 1 unspecified atom stereocenters. The van der Waals surface area contributed by atoms with E-state index in [1.54, 1.807) is 16.7 Å². The third-order valence-electron chi connectivity index (χ3n) is 3.52. The first kappa shape index (κ1) is 15.6. The largest absolute Gasteiger partial charge is 0.464 e. The van der Waals surface area contributed by atoms with Crippen LogP contribution in [0, 0.1) is 0 Å². The molecule has 1 atom stereocenters. The maximum Gasteiger partial charge on any atom is 0.345 e. The third kappa shape index (κ3) is 3.37. The molecule has 118 valence electrons. The van der Waals surface area contributed by atoms with Gasteiger partial charge in [0, 0.05) is 18.1 Å². The van der Waals surface area contributed by atoms with Crippen molar-refractivity contribution in [2.45, 2.75) is 12.3 Å². The molecule has 0 spiro atoms. The number of rotatable bonds is 4. The number of ether oxygens (including phenoxy) is 1. The number of amides is 2. The number of hydrogen-bond donors (Lipinski definition) is 0. The zero-order valence-corrected chi connectivity index (χ0v) is 13.5. The molecule has 5 nitrogen and oxygen atoms in total. The van der Waals surface area contributed by atoms with Gasteiger partial charge in [-0.25, -0.2) is 4.79 Å². The highest BCUT2D eigenvalue weighted by molar-refractivity contribution is 8.03. The number of allylic oxidation sites excluding steroid dienone is 2. The van der Waals surface area contributed by atoms with E-state index in [4.69, 9.17) is 4.74 Å². The standard InChI is InChI=1S/C17H16N2O3S/c1-12(20)22-10-9-19-16-14(8-5-11-23-16)15(18-17(19)21)13-6-3-2-4-7-13/h2-8,11,16H,9-10H2,1H3. The minimum absolute atomic E-state index is 0.143.